The molecule has 0 bridgehead atoms. The van der Waals surface area contributed by atoms with Gasteiger partial charge in [0.15, 0.2) is 0 Å². The average molecular weight is 302 g/mol. The van der Waals surface area contributed by atoms with Crippen molar-refractivity contribution in [2.75, 3.05) is 0 Å². The van der Waals surface area contributed by atoms with Gasteiger partial charge in [-0.3, -0.25) is 0 Å². The molecule has 0 aliphatic rings. The first-order chi connectivity index (χ1) is 11.3. The zero-order chi connectivity index (χ0) is 16.1. The van der Waals surface area contributed by atoms with Crippen molar-refractivity contribution in [2.24, 2.45) is 0 Å². The lowest BCUT2D eigenvalue weighted by Crippen LogP contribution is -1.92. The Balaban J connectivity index is 1.93. The minimum absolute atomic E-state index is 1.16. The number of rotatable bonds is 7. The first-order valence-corrected chi connectivity index (χ1v) is 8.90. The van der Waals surface area contributed by atoms with Crippen LogP contribution in [0.5, 0.6) is 0 Å². The third-order valence-electron chi connectivity index (χ3n) is 4.77. The smallest absolute Gasteiger partial charge is 0.0102 e. The minimum atomic E-state index is 1.16. The molecule has 23 heavy (non-hydrogen) atoms. The van der Waals surface area contributed by atoms with Crippen molar-refractivity contribution in [1.82, 2.24) is 0 Å². The van der Waals surface area contributed by atoms with Gasteiger partial charge in [-0.2, -0.15) is 0 Å². The van der Waals surface area contributed by atoms with Crippen molar-refractivity contribution in [3.8, 4) is 0 Å². The molecule has 0 heteroatoms. The van der Waals surface area contributed by atoms with Crippen molar-refractivity contribution < 1.29 is 0 Å². The van der Waals surface area contributed by atoms with Gasteiger partial charge in [0.05, 0.1) is 0 Å². The van der Waals surface area contributed by atoms with E-state index in [2.05, 4.69) is 62.0 Å². The van der Waals surface area contributed by atoms with Crippen molar-refractivity contribution >= 4 is 27.6 Å². The second-order valence-corrected chi connectivity index (χ2v) is 6.43. The molecule has 0 saturated carbocycles. The minimum Gasteiger partial charge on any atom is -0.0984 e. The number of hydrogen-bond acceptors (Lipinski definition) is 0. The molecule has 0 radical (unpaired) electrons. The number of unbranched alkanes of at least 4 members (excludes halogenated alkanes) is 4. The summed E-state index contributed by atoms with van der Waals surface area (Å²) < 4.78 is 0. The van der Waals surface area contributed by atoms with Crippen molar-refractivity contribution in [2.45, 2.75) is 45.4 Å². The van der Waals surface area contributed by atoms with E-state index >= 15 is 0 Å². The zero-order valence-electron chi connectivity index (χ0n) is 14.1. The van der Waals surface area contributed by atoms with Gasteiger partial charge in [-0.05, 0) is 57.6 Å². The fourth-order valence-electron chi connectivity index (χ4n) is 3.46. The Morgan fingerprint density at radius 3 is 2.30 bits per heavy atom. The van der Waals surface area contributed by atoms with Gasteiger partial charge in [0.2, 0.25) is 0 Å². The lowest BCUT2D eigenvalue weighted by atomic mass is 9.93. The van der Waals surface area contributed by atoms with E-state index in [0.717, 1.165) is 6.42 Å². The molecule has 3 rings (SSSR count). The Hall–Kier alpha value is -2.08. The van der Waals surface area contributed by atoms with Crippen LogP contribution in [-0.4, -0.2) is 0 Å². The number of aryl methyl sites for hydroxylation is 1. The van der Waals surface area contributed by atoms with E-state index < -0.39 is 0 Å². The van der Waals surface area contributed by atoms with E-state index in [1.165, 1.54) is 64.8 Å². The number of hydrogen-bond donors (Lipinski definition) is 0. The Morgan fingerprint density at radius 1 is 0.826 bits per heavy atom. The maximum Gasteiger partial charge on any atom is -0.0102 e. The summed E-state index contributed by atoms with van der Waals surface area (Å²) in [5.74, 6) is 0. The molecule has 0 aliphatic heterocycles. The van der Waals surface area contributed by atoms with Crippen molar-refractivity contribution in [3.63, 3.8) is 0 Å². The summed E-state index contributed by atoms with van der Waals surface area (Å²) in [5, 5.41) is 5.27. The first-order valence-electron chi connectivity index (χ1n) is 8.90. The molecule has 0 fully saturated rings. The van der Waals surface area contributed by atoms with Gasteiger partial charge >= 0.3 is 0 Å². The maximum atomic E-state index is 4.08. The van der Waals surface area contributed by atoms with Crippen LogP contribution in [0.1, 0.15) is 50.2 Å². The predicted octanol–water partition coefficient (Wildman–Crippen LogP) is 7.15. The summed E-state index contributed by atoms with van der Waals surface area (Å²) in [4.78, 5) is 0. The maximum absolute atomic E-state index is 4.08. The summed E-state index contributed by atoms with van der Waals surface area (Å²) in [6.07, 6.45) is 9.84. The molecule has 0 atom stereocenters. The summed E-state index contributed by atoms with van der Waals surface area (Å²) in [7, 11) is 0. The SMILES string of the molecule is C=Cc1c(CCCCCCC)ccc2cc3ccccc3cc12. The standard InChI is InChI=1S/C23H26/c1-3-5-6-7-8-11-18-14-15-21-16-19-12-9-10-13-20(19)17-23(21)22(18)4-2/h4,9-10,12-17H,2-3,5-8,11H2,1H3. The highest BCUT2D eigenvalue weighted by Gasteiger charge is 2.06. The van der Waals surface area contributed by atoms with E-state index in [9.17, 15) is 0 Å². The third kappa shape index (κ3) is 3.47. The Morgan fingerprint density at radius 2 is 1.57 bits per heavy atom. The van der Waals surface area contributed by atoms with E-state index in [-0.39, 0.29) is 0 Å². The first kappa shape index (κ1) is 15.8. The van der Waals surface area contributed by atoms with Gasteiger partial charge in [-0.25, -0.2) is 0 Å². The van der Waals surface area contributed by atoms with Crippen molar-refractivity contribution in [1.29, 1.82) is 0 Å². The highest BCUT2D eigenvalue weighted by atomic mass is 14.1. The van der Waals surface area contributed by atoms with Crippen LogP contribution >= 0.6 is 0 Å². The van der Waals surface area contributed by atoms with Crippen LogP contribution in [0, 0.1) is 0 Å². The quantitative estimate of drug-likeness (QED) is 0.321. The van der Waals surface area contributed by atoms with Gasteiger partial charge in [0.25, 0.3) is 0 Å². The fraction of sp³-hybridized carbons (Fsp3) is 0.304. The Bertz CT molecular complexity index is 811. The van der Waals surface area contributed by atoms with Crippen LogP contribution < -0.4 is 0 Å². The van der Waals surface area contributed by atoms with Gasteiger partial charge in [0, 0.05) is 0 Å². The van der Waals surface area contributed by atoms with Crippen LogP contribution in [0.3, 0.4) is 0 Å². The molecule has 0 heterocycles. The second kappa shape index (κ2) is 7.46. The molecule has 0 spiro atoms. The summed E-state index contributed by atoms with van der Waals surface area (Å²) in [5.41, 5.74) is 2.77. The van der Waals surface area contributed by atoms with Gasteiger partial charge in [0.1, 0.15) is 0 Å². The highest BCUT2D eigenvalue weighted by Crippen LogP contribution is 2.29. The normalized spacial score (nSPS) is 11.2. The van der Waals surface area contributed by atoms with E-state index in [0.29, 0.717) is 0 Å². The van der Waals surface area contributed by atoms with Crippen LogP contribution in [0.4, 0.5) is 0 Å². The molecule has 0 amide bonds. The summed E-state index contributed by atoms with van der Waals surface area (Å²) in [6, 6.07) is 17.8. The van der Waals surface area contributed by atoms with Crippen LogP contribution in [0.2, 0.25) is 0 Å². The third-order valence-corrected chi connectivity index (χ3v) is 4.77. The molecule has 0 aliphatic carbocycles. The molecule has 118 valence electrons. The lowest BCUT2D eigenvalue weighted by Gasteiger charge is -2.11. The number of benzene rings is 3. The topological polar surface area (TPSA) is 0 Å². The molecule has 0 unspecified atom stereocenters. The van der Waals surface area contributed by atoms with Crippen molar-refractivity contribution in [3.05, 3.63) is 66.2 Å². The fourth-order valence-corrected chi connectivity index (χ4v) is 3.46. The summed E-state index contributed by atoms with van der Waals surface area (Å²) in [6.45, 7) is 6.35. The van der Waals surface area contributed by atoms with Crippen LogP contribution in [-0.2, 0) is 6.42 Å². The lowest BCUT2D eigenvalue weighted by molar-refractivity contribution is 0.632. The van der Waals surface area contributed by atoms with Gasteiger partial charge < -0.3 is 0 Å². The predicted molar refractivity (Wildman–Crippen MR) is 104 cm³/mol. The molecule has 3 aromatic rings. The van der Waals surface area contributed by atoms with Gasteiger partial charge in [-0.15, -0.1) is 0 Å². The molecule has 3 aromatic carbocycles. The molecular weight excluding hydrogens is 276 g/mol. The Kier molecular flexibility index (Phi) is 5.12. The average Bonchev–Trinajstić information content (AvgIpc) is 2.59. The highest BCUT2D eigenvalue weighted by molar-refractivity contribution is 6.02. The van der Waals surface area contributed by atoms with E-state index in [4.69, 9.17) is 0 Å². The van der Waals surface area contributed by atoms with Crippen LogP contribution in [0.15, 0.2) is 55.1 Å². The van der Waals surface area contributed by atoms with Gasteiger partial charge in [-0.1, -0.05) is 81.7 Å². The molecule has 0 N–H and O–H groups in total. The molecular formula is C23H26. The van der Waals surface area contributed by atoms with Crippen LogP contribution in [0.25, 0.3) is 27.6 Å². The monoisotopic (exact) mass is 302 g/mol. The molecule has 0 nitrogen and oxygen atoms in total. The summed E-state index contributed by atoms with van der Waals surface area (Å²) >= 11 is 0. The van der Waals surface area contributed by atoms with E-state index in [1.807, 2.05) is 6.08 Å². The molecule has 0 aromatic heterocycles. The zero-order valence-corrected chi connectivity index (χ0v) is 14.1. The molecule has 0 saturated heterocycles. The number of fused-ring (bicyclic) bond motifs is 2. The Labute approximate surface area is 139 Å². The largest absolute Gasteiger partial charge is 0.0984 e. The second-order valence-electron chi connectivity index (χ2n) is 6.43. The van der Waals surface area contributed by atoms with E-state index in [1.54, 1.807) is 0 Å².